The minimum absolute atomic E-state index is 0.0253. The Morgan fingerprint density at radius 2 is 1.48 bits per heavy atom. The van der Waals surface area contributed by atoms with Crippen molar-refractivity contribution in [3.8, 4) is 11.5 Å². The highest BCUT2D eigenvalue weighted by molar-refractivity contribution is 5.76. The van der Waals surface area contributed by atoms with Crippen LogP contribution in [0.3, 0.4) is 0 Å². The predicted molar refractivity (Wildman–Crippen MR) is 192 cm³/mol. The number of amides is 1. The van der Waals surface area contributed by atoms with Gasteiger partial charge in [-0.25, -0.2) is 4.39 Å². The Morgan fingerprint density at radius 1 is 0.875 bits per heavy atom. The molecular formula is C42H51FN2O3. The molecule has 1 heterocycles. The van der Waals surface area contributed by atoms with Crippen molar-refractivity contribution in [2.75, 3.05) is 27.3 Å². The second kappa shape index (κ2) is 16.3. The van der Waals surface area contributed by atoms with Gasteiger partial charge in [-0.15, -0.1) is 0 Å². The summed E-state index contributed by atoms with van der Waals surface area (Å²) in [6.07, 6.45) is 6.65. The Bertz CT molecular complexity index is 1570. The molecule has 4 aromatic rings. The smallest absolute Gasteiger partial charge is 0.220 e. The largest absolute Gasteiger partial charge is 0.493 e. The lowest BCUT2D eigenvalue weighted by molar-refractivity contribution is -0.121. The highest BCUT2D eigenvalue weighted by atomic mass is 19.1. The second-order valence-corrected chi connectivity index (χ2v) is 13.4. The first-order valence-corrected chi connectivity index (χ1v) is 17.4. The van der Waals surface area contributed by atoms with E-state index in [1.807, 2.05) is 0 Å². The molecule has 48 heavy (non-hydrogen) atoms. The number of benzene rings is 4. The zero-order valence-corrected chi connectivity index (χ0v) is 29.0. The molecule has 1 atom stereocenters. The third-order valence-corrected chi connectivity index (χ3v) is 10.4. The summed E-state index contributed by atoms with van der Waals surface area (Å²) in [5.74, 6) is 1.68. The van der Waals surface area contributed by atoms with Gasteiger partial charge in [0.1, 0.15) is 5.82 Å². The van der Waals surface area contributed by atoms with Crippen molar-refractivity contribution < 1.29 is 18.7 Å². The fourth-order valence-corrected chi connectivity index (χ4v) is 7.75. The summed E-state index contributed by atoms with van der Waals surface area (Å²) >= 11 is 0. The first-order valence-electron chi connectivity index (χ1n) is 17.4. The first kappa shape index (κ1) is 35.2. The van der Waals surface area contributed by atoms with Gasteiger partial charge in [-0.3, -0.25) is 4.79 Å². The third kappa shape index (κ3) is 7.92. The van der Waals surface area contributed by atoms with Gasteiger partial charge in [-0.1, -0.05) is 93.1 Å². The van der Waals surface area contributed by atoms with Crippen LogP contribution in [0, 0.1) is 11.7 Å². The van der Waals surface area contributed by atoms with Gasteiger partial charge >= 0.3 is 0 Å². The molecule has 5 rings (SSSR count). The van der Waals surface area contributed by atoms with Gasteiger partial charge in [-0.05, 0) is 96.5 Å². The van der Waals surface area contributed by atoms with Gasteiger partial charge in [0.2, 0.25) is 5.91 Å². The lowest BCUT2D eigenvalue weighted by Crippen LogP contribution is -2.51. The molecule has 254 valence electrons. The van der Waals surface area contributed by atoms with Crippen LogP contribution < -0.4 is 20.1 Å². The standard InChI is InChI=1S/C42H51FN2O3/c1-31(2)42(37-30-39(48-4)38(47-3)29-33(37)23-28-45-42)26-11-24-41(34-13-7-5-8-14-34,35-15-9-6-10-16-35)25-12-27-44-40(46)22-19-32-17-20-36(43)21-18-32/h5-10,13-18,20-21,29-31,45H,11-12,19,22-28H2,1-4H3,(H,44,46). The van der Waals surface area contributed by atoms with E-state index in [4.69, 9.17) is 9.47 Å². The first-order chi connectivity index (χ1) is 23.3. The molecule has 2 N–H and O–H groups in total. The van der Waals surface area contributed by atoms with E-state index in [2.05, 4.69) is 97.3 Å². The monoisotopic (exact) mass is 650 g/mol. The zero-order valence-electron chi connectivity index (χ0n) is 29.0. The topological polar surface area (TPSA) is 59.6 Å². The summed E-state index contributed by atoms with van der Waals surface area (Å²) < 4.78 is 24.7. The number of fused-ring (bicyclic) bond motifs is 1. The molecule has 0 bridgehead atoms. The highest BCUT2D eigenvalue weighted by Crippen LogP contribution is 2.46. The number of halogens is 1. The average Bonchev–Trinajstić information content (AvgIpc) is 3.12. The number of hydrogen-bond acceptors (Lipinski definition) is 4. The summed E-state index contributed by atoms with van der Waals surface area (Å²) in [6, 6.07) is 32.5. The van der Waals surface area contributed by atoms with Crippen molar-refractivity contribution >= 4 is 5.91 Å². The van der Waals surface area contributed by atoms with Crippen LogP contribution in [-0.2, 0) is 28.6 Å². The molecule has 0 spiro atoms. The van der Waals surface area contributed by atoms with Gasteiger partial charge in [0.05, 0.1) is 14.2 Å². The van der Waals surface area contributed by atoms with Crippen molar-refractivity contribution in [1.82, 2.24) is 10.6 Å². The Labute approximate surface area is 286 Å². The number of aryl methyl sites for hydroxylation is 1. The highest BCUT2D eigenvalue weighted by Gasteiger charge is 2.41. The van der Waals surface area contributed by atoms with Crippen LogP contribution in [0.5, 0.6) is 11.5 Å². The predicted octanol–water partition coefficient (Wildman–Crippen LogP) is 8.53. The van der Waals surface area contributed by atoms with Crippen LogP contribution in [0.2, 0.25) is 0 Å². The molecule has 4 aromatic carbocycles. The van der Waals surface area contributed by atoms with E-state index in [1.165, 1.54) is 34.4 Å². The molecule has 1 amide bonds. The molecule has 1 aliphatic rings. The van der Waals surface area contributed by atoms with Crippen LogP contribution in [0.1, 0.15) is 80.2 Å². The van der Waals surface area contributed by atoms with E-state index in [0.717, 1.165) is 62.1 Å². The number of nitrogens with one attached hydrogen (secondary N) is 2. The van der Waals surface area contributed by atoms with Gasteiger partial charge < -0.3 is 20.1 Å². The molecular weight excluding hydrogens is 599 g/mol. The third-order valence-electron chi connectivity index (χ3n) is 10.4. The van der Waals surface area contributed by atoms with Crippen molar-refractivity contribution in [2.45, 2.75) is 76.2 Å². The van der Waals surface area contributed by atoms with Crippen LogP contribution in [-0.4, -0.2) is 33.2 Å². The number of methoxy groups -OCH3 is 2. The maximum absolute atomic E-state index is 13.3. The molecule has 1 unspecified atom stereocenters. The number of carbonyl (C=O) groups is 1. The van der Waals surface area contributed by atoms with Crippen LogP contribution in [0.25, 0.3) is 0 Å². The van der Waals surface area contributed by atoms with E-state index < -0.39 is 0 Å². The fourth-order valence-electron chi connectivity index (χ4n) is 7.75. The minimum Gasteiger partial charge on any atom is -0.493 e. The number of carbonyl (C=O) groups excluding carboxylic acids is 1. The molecule has 0 radical (unpaired) electrons. The lowest BCUT2D eigenvalue weighted by atomic mass is 9.66. The Morgan fingerprint density at radius 3 is 2.08 bits per heavy atom. The summed E-state index contributed by atoms with van der Waals surface area (Å²) in [5, 5.41) is 7.13. The van der Waals surface area contributed by atoms with E-state index in [0.29, 0.717) is 25.3 Å². The Kier molecular flexibility index (Phi) is 11.9. The summed E-state index contributed by atoms with van der Waals surface area (Å²) in [5.41, 5.74) is 5.81. The molecule has 0 saturated heterocycles. The number of ether oxygens (including phenoxy) is 2. The number of hydrogen-bond donors (Lipinski definition) is 2. The summed E-state index contributed by atoms with van der Waals surface area (Å²) in [4.78, 5) is 12.8. The SMILES string of the molecule is COc1cc2c(cc1OC)C(CCCC(CCCNC(=O)CCc1ccc(F)cc1)(c1ccccc1)c1ccccc1)(C(C)C)NCC2. The lowest BCUT2D eigenvalue weighted by Gasteiger charge is -2.45. The van der Waals surface area contributed by atoms with Gasteiger partial charge in [-0.2, -0.15) is 0 Å². The fraction of sp³-hybridized carbons (Fsp3) is 0.405. The molecule has 6 heteroatoms. The van der Waals surface area contributed by atoms with Crippen molar-refractivity contribution in [3.63, 3.8) is 0 Å². The summed E-state index contributed by atoms with van der Waals surface area (Å²) in [6.45, 7) is 6.17. The van der Waals surface area contributed by atoms with E-state index in [1.54, 1.807) is 26.4 Å². The van der Waals surface area contributed by atoms with Crippen molar-refractivity contribution in [3.05, 3.63) is 131 Å². The molecule has 0 aromatic heterocycles. The minimum atomic E-state index is -0.261. The van der Waals surface area contributed by atoms with Crippen LogP contribution >= 0.6 is 0 Å². The Hall–Kier alpha value is -4.16. The zero-order chi connectivity index (χ0) is 34.0. The summed E-state index contributed by atoms with van der Waals surface area (Å²) in [7, 11) is 3.41. The average molecular weight is 651 g/mol. The molecule has 0 saturated carbocycles. The molecule has 0 fully saturated rings. The van der Waals surface area contributed by atoms with E-state index in [-0.39, 0.29) is 22.7 Å². The quantitative estimate of drug-likeness (QED) is 0.119. The molecule has 1 aliphatic heterocycles. The van der Waals surface area contributed by atoms with Gasteiger partial charge in [0, 0.05) is 30.5 Å². The second-order valence-electron chi connectivity index (χ2n) is 13.4. The maximum Gasteiger partial charge on any atom is 0.220 e. The number of rotatable bonds is 16. The van der Waals surface area contributed by atoms with E-state index >= 15 is 0 Å². The maximum atomic E-state index is 13.3. The van der Waals surface area contributed by atoms with Crippen LogP contribution in [0.15, 0.2) is 97.1 Å². The molecule has 0 aliphatic carbocycles. The normalized spacial score (nSPS) is 16.0. The van der Waals surface area contributed by atoms with Gasteiger partial charge in [0.15, 0.2) is 11.5 Å². The van der Waals surface area contributed by atoms with Crippen molar-refractivity contribution in [2.24, 2.45) is 5.92 Å². The van der Waals surface area contributed by atoms with Crippen molar-refractivity contribution in [1.29, 1.82) is 0 Å². The van der Waals surface area contributed by atoms with Crippen LogP contribution in [0.4, 0.5) is 4.39 Å². The Balaban J connectivity index is 1.36. The molecule has 5 nitrogen and oxygen atoms in total. The van der Waals surface area contributed by atoms with Gasteiger partial charge in [0.25, 0.3) is 0 Å². The van der Waals surface area contributed by atoms with E-state index in [9.17, 15) is 9.18 Å².